The molecule has 1 atom stereocenters. The summed E-state index contributed by atoms with van der Waals surface area (Å²) in [7, 11) is -2.90. The van der Waals surface area contributed by atoms with Gasteiger partial charge in [0.15, 0.2) is 0 Å². The number of hydrogen-bond donors (Lipinski definition) is 1. The van der Waals surface area contributed by atoms with Gasteiger partial charge in [0.1, 0.15) is 0 Å². The zero-order valence-corrected chi connectivity index (χ0v) is 7.92. The van der Waals surface area contributed by atoms with E-state index in [1.165, 1.54) is 0 Å². The predicted molar refractivity (Wildman–Crippen MR) is 38.8 cm³/mol. The van der Waals surface area contributed by atoms with Crippen molar-refractivity contribution in [3.8, 4) is 0 Å². The van der Waals surface area contributed by atoms with Crippen LogP contribution >= 0.6 is 7.82 Å². The van der Waals surface area contributed by atoms with Gasteiger partial charge in [0.25, 0.3) is 0 Å². The van der Waals surface area contributed by atoms with Crippen molar-refractivity contribution in [1.82, 2.24) is 0 Å². The average Bonchev–Trinajstić information content (AvgIpc) is 1.55. The van der Waals surface area contributed by atoms with Gasteiger partial charge < -0.3 is 4.89 Å². The average molecular weight is 184 g/mol. The Balaban J connectivity index is 4.03. The van der Waals surface area contributed by atoms with E-state index in [1.807, 2.05) is 0 Å². The summed E-state index contributed by atoms with van der Waals surface area (Å²) in [6, 6.07) is 0. The van der Waals surface area contributed by atoms with E-state index in [4.69, 9.17) is 4.89 Å². The molecule has 0 aliphatic rings. The van der Waals surface area contributed by atoms with Gasteiger partial charge in [0.05, 0.1) is 12.7 Å². The van der Waals surface area contributed by atoms with Crippen LogP contribution in [0.4, 0.5) is 0 Å². The summed E-state index contributed by atoms with van der Waals surface area (Å²) in [6.07, 6.45) is 0. The van der Waals surface area contributed by atoms with Crippen LogP contribution in [0.25, 0.3) is 0 Å². The van der Waals surface area contributed by atoms with Crippen molar-refractivity contribution < 1.29 is 23.5 Å². The molecule has 1 N–H and O–H groups in total. The van der Waals surface area contributed by atoms with Crippen LogP contribution in [0.3, 0.4) is 0 Å². The van der Waals surface area contributed by atoms with E-state index in [2.05, 4.69) is 14.1 Å². The maximum atomic E-state index is 10.8. The van der Waals surface area contributed by atoms with Crippen molar-refractivity contribution >= 4 is 7.82 Å². The third kappa shape index (κ3) is 6.47. The SMILES string of the molecule is COOP(=O)(O)OC(C)(C)C. The third-order valence-corrected chi connectivity index (χ3v) is 1.67. The molecular weight excluding hydrogens is 171 g/mol. The van der Waals surface area contributed by atoms with E-state index in [9.17, 15) is 4.57 Å². The molecule has 0 aromatic carbocycles. The van der Waals surface area contributed by atoms with E-state index in [1.54, 1.807) is 20.8 Å². The highest BCUT2D eigenvalue weighted by Gasteiger charge is 2.29. The molecule has 0 radical (unpaired) electrons. The minimum absolute atomic E-state index is 0.733. The van der Waals surface area contributed by atoms with Crippen molar-refractivity contribution in [1.29, 1.82) is 0 Å². The van der Waals surface area contributed by atoms with Gasteiger partial charge in [-0.3, -0.25) is 4.52 Å². The van der Waals surface area contributed by atoms with E-state index in [-0.39, 0.29) is 0 Å². The van der Waals surface area contributed by atoms with Crippen LogP contribution in [-0.4, -0.2) is 17.6 Å². The number of hydrogen-bond acceptors (Lipinski definition) is 4. The molecule has 0 spiro atoms. The fourth-order valence-corrected chi connectivity index (χ4v) is 1.37. The molecule has 0 aliphatic carbocycles. The minimum Gasteiger partial charge on any atom is -0.301 e. The molecule has 0 aromatic rings. The van der Waals surface area contributed by atoms with E-state index in [0.29, 0.717) is 0 Å². The van der Waals surface area contributed by atoms with Gasteiger partial charge in [0, 0.05) is 0 Å². The van der Waals surface area contributed by atoms with Crippen molar-refractivity contribution in [3.05, 3.63) is 0 Å². The molecule has 0 rings (SSSR count). The lowest BCUT2D eigenvalue weighted by molar-refractivity contribution is -0.203. The standard InChI is InChI=1S/C5H13O5P/c1-5(2,3)9-11(6,7)10-8-4/h1-4H3,(H,6,7). The fraction of sp³-hybridized carbons (Fsp3) is 1.00. The summed E-state index contributed by atoms with van der Waals surface area (Å²) >= 11 is 0. The Kier molecular flexibility index (Phi) is 3.67. The quantitative estimate of drug-likeness (QED) is 0.408. The zero-order chi connectivity index (χ0) is 9.12. The monoisotopic (exact) mass is 184 g/mol. The molecule has 0 heterocycles. The van der Waals surface area contributed by atoms with Gasteiger partial charge in [-0.1, -0.05) is 0 Å². The highest BCUT2D eigenvalue weighted by Crippen LogP contribution is 2.46. The molecule has 0 fully saturated rings. The highest BCUT2D eigenvalue weighted by molar-refractivity contribution is 7.47. The summed E-state index contributed by atoms with van der Waals surface area (Å²) in [5, 5.41) is 0. The maximum Gasteiger partial charge on any atom is 0.499 e. The van der Waals surface area contributed by atoms with Gasteiger partial charge in [-0.15, -0.1) is 4.67 Å². The third-order valence-electron chi connectivity index (χ3n) is 0.558. The predicted octanol–water partition coefficient (Wildman–Crippen LogP) is 1.48. The molecule has 0 amide bonds. The first-order valence-electron chi connectivity index (χ1n) is 3.03. The topological polar surface area (TPSA) is 65.0 Å². The smallest absolute Gasteiger partial charge is 0.301 e. The summed E-state index contributed by atoms with van der Waals surface area (Å²) < 4.78 is 19.4. The first kappa shape index (κ1) is 11.1. The maximum absolute atomic E-state index is 10.8. The molecule has 11 heavy (non-hydrogen) atoms. The van der Waals surface area contributed by atoms with Gasteiger partial charge in [-0.2, -0.15) is 0 Å². The molecule has 0 aromatic heterocycles. The first-order valence-corrected chi connectivity index (χ1v) is 4.52. The second-order valence-corrected chi connectivity index (χ2v) is 4.18. The number of phosphoric ester groups is 1. The van der Waals surface area contributed by atoms with Crippen molar-refractivity contribution in [3.63, 3.8) is 0 Å². The second kappa shape index (κ2) is 3.65. The second-order valence-electron chi connectivity index (χ2n) is 2.91. The van der Waals surface area contributed by atoms with Crippen LogP contribution in [0.2, 0.25) is 0 Å². The Morgan fingerprint density at radius 2 is 1.82 bits per heavy atom. The summed E-state index contributed by atoms with van der Waals surface area (Å²) in [6.45, 7) is 4.90. The lowest BCUT2D eigenvalue weighted by Gasteiger charge is -2.21. The molecule has 0 aliphatic heterocycles. The number of rotatable bonds is 3. The molecule has 6 heteroatoms. The Labute approximate surface area is 65.8 Å². The molecule has 0 saturated carbocycles. The Morgan fingerprint density at radius 3 is 2.09 bits per heavy atom. The van der Waals surface area contributed by atoms with Crippen LogP contribution < -0.4 is 0 Å². The summed E-state index contributed by atoms with van der Waals surface area (Å²) in [5.41, 5.74) is -0.733. The molecular formula is C5H13O5P. The van der Waals surface area contributed by atoms with Crippen molar-refractivity contribution in [2.75, 3.05) is 7.11 Å². The lowest BCUT2D eigenvalue weighted by atomic mass is 10.2. The van der Waals surface area contributed by atoms with Crippen LogP contribution in [-0.2, 0) is 18.7 Å². The largest absolute Gasteiger partial charge is 0.499 e. The van der Waals surface area contributed by atoms with Gasteiger partial charge >= 0.3 is 7.82 Å². The van der Waals surface area contributed by atoms with E-state index < -0.39 is 13.4 Å². The Hall–Kier alpha value is 0.0700. The Bertz CT molecular complexity index is 161. The first-order chi connectivity index (χ1) is 4.77. The molecule has 0 saturated heterocycles. The zero-order valence-electron chi connectivity index (χ0n) is 7.03. The molecule has 0 bridgehead atoms. The fourth-order valence-electron chi connectivity index (χ4n) is 0.455. The minimum atomic E-state index is -4.04. The lowest BCUT2D eigenvalue weighted by Crippen LogP contribution is -2.17. The summed E-state index contributed by atoms with van der Waals surface area (Å²) in [4.78, 5) is 12.9. The molecule has 68 valence electrons. The van der Waals surface area contributed by atoms with Crippen LogP contribution in [0.15, 0.2) is 0 Å². The Morgan fingerprint density at radius 1 is 1.36 bits per heavy atom. The van der Waals surface area contributed by atoms with Crippen molar-refractivity contribution in [2.24, 2.45) is 0 Å². The van der Waals surface area contributed by atoms with Crippen LogP contribution in [0.1, 0.15) is 20.8 Å². The molecule has 5 nitrogen and oxygen atoms in total. The number of phosphoric acid groups is 1. The van der Waals surface area contributed by atoms with Crippen LogP contribution in [0.5, 0.6) is 0 Å². The van der Waals surface area contributed by atoms with Gasteiger partial charge in [-0.25, -0.2) is 9.45 Å². The van der Waals surface area contributed by atoms with E-state index in [0.717, 1.165) is 7.11 Å². The summed E-state index contributed by atoms with van der Waals surface area (Å²) in [5.74, 6) is 0. The van der Waals surface area contributed by atoms with Crippen molar-refractivity contribution in [2.45, 2.75) is 26.4 Å². The van der Waals surface area contributed by atoms with Crippen LogP contribution in [0, 0.1) is 0 Å². The normalized spacial score (nSPS) is 17.9. The molecule has 1 unspecified atom stereocenters. The highest BCUT2D eigenvalue weighted by atomic mass is 31.2. The van der Waals surface area contributed by atoms with E-state index >= 15 is 0 Å². The van der Waals surface area contributed by atoms with Gasteiger partial charge in [0.2, 0.25) is 0 Å². The van der Waals surface area contributed by atoms with Gasteiger partial charge in [-0.05, 0) is 20.8 Å².